The van der Waals surface area contributed by atoms with Gasteiger partial charge < -0.3 is 9.88 Å². The van der Waals surface area contributed by atoms with Crippen molar-refractivity contribution in [2.75, 3.05) is 6.54 Å². The number of rotatable bonds is 6. The van der Waals surface area contributed by atoms with Crippen LogP contribution in [0.5, 0.6) is 0 Å². The average molecular weight is 387 g/mol. The van der Waals surface area contributed by atoms with Crippen molar-refractivity contribution in [1.29, 1.82) is 5.26 Å². The van der Waals surface area contributed by atoms with Crippen molar-refractivity contribution in [3.05, 3.63) is 94.6 Å². The molecule has 3 rings (SSSR count). The molecule has 1 N–H and O–H groups in total. The van der Waals surface area contributed by atoms with Crippen LogP contribution in [0, 0.1) is 31.0 Å². The number of amides is 1. The molecule has 0 fully saturated rings. The maximum Gasteiger partial charge on any atom is 0.261 e. The number of benzene rings is 2. The van der Waals surface area contributed by atoms with Gasteiger partial charge in [-0.25, -0.2) is 4.39 Å². The van der Waals surface area contributed by atoms with Gasteiger partial charge in [-0.3, -0.25) is 4.79 Å². The summed E-state index contributed by atoms with van der Waals surface area (Å²) in [5.74, 6) is -0.690. The van der Waals surface area contributed by atoms with Gasteiger partial charge >= 0.3 is 0 Å². The normalized spacial score (nSPS) is 11.2. The summed E-state index contributed by atoms with van der Waals surface area (Å²) in [7, 11) is 0. The van der Waals surface area contributed by atoms with Gasteiger partial charge in [-0.1, -0.05) is 30.3 Å². The first kappa shape index (κ1) is 20.1. The SMILES string of the molecule is Cc1cc(/C=C(\C#N)C(=O)NCCc2ccccc2)c(C)n1-c1ccc(F)cc1. The Morgan fingerprint density at radius 3 is 2.48 bits per heavy atom. The minimum Gasteiger partial charge on any atom is -0.351 e. The quantitative estimate of drug-likeness (QED) is 0.500. The molecular formula is C24H22FN3O. The number of nitrogens with zero attached hydrogens (tertiary/aromatic N) is 2. The lowest BCUT2D eigenvalue weighted by atomic mass is 10.1. The van der Waals surface area contributed by atoms with Crippen molar-refractivity contribution in [3.8, 4) is 11.8 Å². The van der Waals surface area contributed by atoms with Crippen molar-refractivity contribution < 1.29 is 9.18 Å². The Morgan fingerprint density at radius 2 is 1.83 bits per heavy atom. The van der Waals surface area contributed by atoms with Crippen LogP contribution in [0.1, 0.15) is 22.5 Å². The fourth-order valence-electron chi connectivity index (χ4n) is 3.29. The Bertz CT molecular complexity index is 1070. The number of hydrogen-bond donors (Lipinski definition) is 1. The molecule has 0 radical (unpaired) electrons. The number of aromatic nitrogens is 1. The number of carbonyl (C=O) groups is 1. The van der Waals surface area contributed by atoms with Crippen LogP contribution in [0.15, 0.2) is 66.2 Å². The molecule has 29 heavy (non-hydrogen) atoms. The second-order valence-corrected chi connectivity index (χ2v) is 6.80. The van der Waals surface area contributed by atoms with E-state index < -0.39 is 5.91 Å². The van der Waals surface area contributed by atoms with Crippen molar-refractivity contribution in [2.24, 2.45) is 0 Å². The number of halogens is 1. The molecule has 2 aromatic carbocycles. The second-order valence-electron chi connectivity index (χ2n) is 6.80. The van der Waals surface area contributed by atoms with E-state index in [9.17, 15) is 14.4 Å². The van der Waals surface area contributed by atoms with Gasteiger partial charge in [0.25, 0.3) is 5.91 Å². The Hall–Kier alpha value is -3.65. The van der Waals surface area contributed by atoms with Crippen LogP contribution >= 0.6 is 0 Å². The molecule has 0 aliphatic carbocycles. The lowest BCUT2D eigenvalue weighted by Gasteiger charge is -2.09. The van der Waals surface area contributed by atoms with Crippen LogP contribution < -0.4 is 5.32 Å². The van der Waals surface area contributed by atoms with E-state index in [0.29, 0.717) is 13.0 Å². The van der Waals surface area contributed by atoms with Crippen LogP contribution in [-0.4, -0.2) is 17.0 Å². The standard InChI is InChI=1S/C24H22FN3O/c1-17-14-20(18(2)28(17)23-10-8-22(25)9-11-23)15-21(16-26)24(29)27-13-12-19-6-4-3-5-7-19/h3-11,14-15H,12-13H2,1-2H3,(H,27,29)/b21-15+. The summed E-state index contributed by atoms with van der Waals surface area (Å²) in [6.45, 7) is 4.29. The Balaban J connectivity index is 1.76. The van der Waals surface area contributed by atoms with Crippen LogP contribution in [-0.2, 0) is 11.2 Å². The van der Waals surface area contributed by atoms with Crippen molar-refractivity contribution in [1.82, 2.24) is 9.88 Å². The Labute approximate surface area is 169 Å². The zero-order valence-electron chi connectivity index (χ0n) is 16.4. The summed E-state index contributed by atoms with van der Waals surface area (Å²) < 4.78 is 15.2. The van der Waals surface area contributed by atoms with E-state index in [1.54, 1.807) is 18.2 Å². The molecule has 0 saturated heterocycles. The molecule has 1 aromatic heterocycles. The van der Waals surface area contributed by atoms with E-state index in [1.165, 1.54) is 12.1 Å². The molecule has 146 valence electrons. The first-order chi connectivity index (χ1) is 14.0. The molecule has 0 saturated carbocycles. The van der Waals surface area contributed by atoms with Crippen LogP contribution in [0.4, 0.5) is 4.39 Å². The lowest BCUT2D eigenvalue weighted by Crippen LogP contribution is -2.26. The van der Waals surface area contributed by atoms with E-state index in [4.69, 9.17) is 0 Å². The first-order valence-electron chi connectivity index (χ1n) is 9.38. The van der Waals surface area contributed by atoms with Crippen molar-refractivity contribution in [3.63, 3.8) is 0 Å². The summed E-state index contributed by atoms with van der Waals surface area (Å²) in [4.78, 5) is 12.4. The molecule has 0 atom stereocenters. The van der Waals surface area contributed by atoms with E-state index in [1.807, 2.05) is 60.9 Å². The van der Waals surface area contributed by atoms with Gasteiger partial charge in [-0.15, -0.1) is 0 Å². The summed E-state index contributed by atoms with van der Waals surface area (Å²) in [6, 6.07) is 20.0. The highest BCUT2D eigenvalue weighted by Gasteiger charge is 2.13. The van der Waals surface area contributed by atoms with Gasteiger partial charge in [0.2, 0.25) is 0 Å². The number of nitrogens with one attached hydrogen (secondary N) is 1. The zero-order valence-corrected chi connectivity index (χ0v) is 16.4. The van der Waals surface area contributed by atoms with Gasteiger partial charge in [-0.05, 0) is 67.8 Å². The number of aryl methyl sites for hydroxylation is 1. The molecule has 0 unspecified atom stereocenters. The molecular weight excluding hydrogens is 365 g/mol. The van der Waals surface area contributed by atoms with E-state index in [2.05, 4.69) is 5.32 Å². The number of carbonyl (C=O) groups excluding carboxylic acids is 1. The third kappa shape index (κ3) is 4.80. The zero-order chi connectivity index (χ0) is 20.8. The maximum atomic E-state index is 13.2. The number of nitriles is 1. The molecule has 4 nitrogen and oxygen atoms in total. The van der Waals surface area contributed by atoms with Crippen molar-refractivity contribution >= 4 is 12.0 Å². The predicted octanol–water partition coefficient (Wildman–Crippen LogP) is 4.50. The van der Waals surface area contributed by atoms with E-state index >= 15 is 0 Å². The van der Waals surface area contributed by atoms with Crippen LogP contribution in [0.2, 0.25) is 0 Å². The molecule has 0 aliphatic rings. The monoisotopic (exact) mass is 387 g/mol. The Morgan fingerprint density at radius 1 is 1.14 bits per heavy atom. The van der Waals surface area contributed by atoms with E-state index in [0.717, 1.165) is 28.2 Å². The summed E-state index contributed by atoms with van der Waals surface area (Å²) in [5, 5.41) is 12.3. The summed E-state index contributed by atoms with van der Waals surface area (Å²) in [5.41, 5.74) is 4.59. The highest BCUT2D eigenvalue weighted by molar-refractivity contribution is 6.01. The molecule has 0 bridgehead atoms. The van der Waals surface area contributed by atoms with E-state index in [-0.39, 0.29) is 11.4 Å². The summed E-state index contributed by atoms with van der Waals surface area (Å²) >= 11 is 0. The third-order valence-electron chi connectivity index (χ3n) is 4.76. The van der Waals surface area contributed by atoms with Gasteiger partial charge in [0.05, 0.1) is 0 Å². The highest BCUT2D eigenvalue weighted by Crippen LogP contribution is 2.23. The van der Waals surface area contributed by atoms with Gasteiger partial charge in [0.1, 0.15) is 17.5 Å². The van der Waals surface area contributed by atoms with Gasteiger partial charge in [0, 0.05) is 23.6 Å². The molecule has 5 heteroatoms. The summed E-state index contributed by atoms with van der Waals surface area (Å²) in [6.07, 6.45) is 2.30. The fourth-order valence-corrected chi connectivity index (χ4v) is 3.29. The minimum absolute atomic E-state index is 0.0532. The minimum atomic E-state index is -0.394. The lowest BCUT2D eigenvalue weighted by molar-refractivity contribution is -0.117. The van der Waals surface area contributed by atoms with Crippen molar-refractivity contribution in [2.45, 2.75) is 20.3 Å². The topological polar surface area (TPSA) is 57.8 Å². The first-order valence-corrected chi connectivity index (χ1v) is 9.38. The third-order valence-corrected chi connectivity index (χ3v) is 4.76. The molecule has 1 amide bonds. The maximum absolute atomic E-state index is 13.2. The predicted molar refractivity (Wildman–Crippen MR) is 112 cm³/mol. The molecule has 3 aromatic rings. The molecule has 0 aliphatic heterocycles. The smallest absolute Gasteiger partial charge is 0.261 e. The average Bonchev–Trinajstić information content (AvgIpc) is 3.00. The second kappa shape index (κ2) is 9.03. The van der Waals surface area contributed by atoms with Crippen LogP contribution in [0.3, 0.4) is 0 Å². The highest BCUT2D eigenvalue weighted by atomic mass is 19.1. The van der Waals surface area contributed by atoms with Gasteiger partial charge in [-0.2, -0.15) is 5.26 Å². The molecule has 0 spiro atoms. The van der Waals surface area contributed by atoms with Crippen LogP contribution in [0.25, 0.3) is 11.8 Å². The van der Waals surface area contributed by atoms with Gasteiger partial charge in [0.15, 0.2) is 0 Å². The number of hydrogen-bond acceptors (Lipinski definition) is 2. The Kier molecular flexibility index (Phi) is 6.25. The fraction of sp³-hybridized carbons (Fsp3) is 0.167. The largest absolute Gasteiger partial charge is 0.351 e. The molecule has 1 heterocycles.